The summed E-state index contributed by atoms with van der Waals surface area (Å²) in [4.78, 5) is 3.52. The van der Waals surface area contributed by atoms with Gasteiger partial charge in [-0.15, -0.1) is 0 Å². The Hall–Kier alpha value is -0.550. The minimum atomic E-state index is -1.61. The highest BCUT2D eigenvalue weighted by Crippen LogP contribution is 2.45. The average Bonchev–Trinajstić information content (AvgIpc) is 2.00. The van der Waals surface area contributed by atoms with Gasteiger partial charge in [0.15, 0.2) is 0 Å². The van der Waals surface area contributed by atoms with Crippen LogP contribution in [0.5, 0.6) is 0 Å². The topological polar surface area (TPSA) is 38.9 Å². The fourth-order valence-electron chi connectivity index (χ4n) is 1.74. The number of hydrogen-bond donors (Lipinski definition) is 1. The number of nitrogens with zero attached hydrogens (tertiary/aromatic N) is 1. The number of rotatable bonds is 1. The van der Waals surface area contributed by atoms with Crippen molar-refractivity contribution in [3.8, 4) is 0 Å². The monoisotopic (exact) mass is 262 g/mol. The Morgan fingerprint density at radius 3 is 2.64 bits per heavy atom. The van der Waals surface area contributed by atoms with E-state index in [1.807, 2.05) is 0 Å². The van der Waals surface area contributed by atoms with Crippen molar-refractivity contribution >= 4 is 15.9 Å². The zero-order chi connectivity index (χ0) is 10.3. The molecule has 14 heavy (non-hydrogen) atoms. The van der Waals surface area contributed by atoms with E-state index in [1.165, 1.54) is 12.1 Å². The highest BCUT2D eigenvalue weighted by atomic mass is 79.9. The van der Waals surface area contributed by atoms with E-state index in [0.29, 0.717) is 4.60 Å². The molecule has 0 bridgehead atoms. The smallest absolute Gasteiger partial charge is 0.220 e. The zero-order valence-corrected chi connectivity index (χ0v) is 8.89. The average molecular weight is 263 g/mol. The molecule has 0 aromatic carbocycles. The summed E-state index contributed by atoms with van der Waals surface area (Å²) in [6.07, 6.45) is 0.348. The Labute approximate surface area is 88.6 Å². The summed E-state index contributed by atoms with van der Waals surface area (Å²) in [5, 5.41) is 0. The summed E-state index contributed by atoms with van der Waals surface area (Å²) in [6.45, 7) is 0. The lowest BCUT2D eigenvalue weighted by Gasteiger charge is -2.39. The third-order valence-corrected chi connectivity index (χ3v) is 2.91. The number of aromatic nitrogens is 1. The number of pyridine rings is 1. The molecule has 1 saturated carbocycles. The molecule has 0 atom stereocenters. The highest BCUT2D eigenvalue weighted by molar-refractivity contribution is 9.10. The molecule has 2 N–H and O–H groups in total. The van der Waals surface area contributed by atoms with E-state index >= 15 is 0 Å². The van der Waals surface area contributed by atoms with Gasteiger partial charge in [0.05, 0.1) is 0 Å². The first-order valence-corrected chi connectivity index (χ1v) is 5.07. The van der Waals surface area contributed by atoms with Crippen LogP contribution in [0.3, 0.4) is 0 Å². The fraction of sp³-hybridized carbons (Fsp3) is 0.444. The molecule has 0 radical (unpaired) electrons. The summed E-state index contributed by atoms with van der Waals surface area (Å²) in [7, 11) is 0. The van der Waals surface area contributed by atoms with Gasteiger partial charge in [0.1, 0.15) is 10.3 Å². The molecule has 2 nitrogen and oxygen atoms in total. The Morgan fingerprint density at radius 2 is 2.14 bits per heavy atom. The van der Waals surface area contributed by atoms with E-state index < -0.39 is 11.6 Å². The maximum atomic E-state index is 13.9. The maximum Gasteiger partial charge on any atom is 0.220 e. The molecule has 5 heteroatoms. The van der Waals surface area contributed by atoms with Crippen molar-refractivity contribution in [2.24, 2.45) is 5.73 Å². The number of nitrogens with two attached hydrogens (primary N) is 1. The van der Waals surface area contributed by atoms with E-state index in [1.54, 1.807) is 0 Å². The van der Waals surface area contributed by atoms with Crippen LogP contribution in [0.15, 0.2) is 16.7 Å². The van der Waals surface area contributed by atoms with Gasteiger partial charge in [-0.1, -0.05) is 0 Å². The van der Waals surface area contributed by atoms with Crippen molar-refractivity contribution in [2.45, 2.75) is 24.6 Å². The quantitative estimate of drug-likeness (QED) is 0.789. The highest BCUT2D eigenvalue weighted by Gasteiger charge is 2.46. The molecule has 0 spiro atoms. The zero-order valence-electron chi connectivity index (χ0n) is 7.30. The first-order valence-electron chi connectivity index (χ1n) is 4.28. The molecule has 1 aromatic rings. The van der Waals surface area contributed by atoms with Gasteiger partial charge < -0.3 is 5.73 Å². The lowest BCUT2D eigenvalue weighted by molar-refractivity contribution is 0.0360. The number of halogens is 3. The van der Waals surface area contributed by atoms with Crippen LogP contribution in [0.4, 0.5) is 8.78 Å². The van der Waals surface area contributed by atoms with Crippen molar-refractivity contribution in [3.05, 3.63) is 28.2 Å². The van der Waals surface area contributed by atoms with Gasteiger partial charge in [-0.2, -0.15) is 4.39 Å². The van der Waals surface area contributed by atoms with Crippen LogP contribution in [0.1, 0.15) is 18.4 Å². The van der Waals surface area contributed by atoms with Gasteiger partial charge in [-0.05, 0) is 28.1 Å². The molecular formula is C9H9BrF2N2. The number of hydrogen-bond acceptors (Lipinski definition) is 2. The Morgan fingerprint density at radius 1 is 1.50 bits per heavy atom. The maximum absolute atomic E-state index is 13.9. The number of alkyl halides is 1. The largest absolute Gasteiger partial charge is 0.327 e. The molecular weight excluding hydrogens is 254 g/mol. The molecule has 1 aromatic heterocycles. The second-order valence-electron chi connectivity index (χ2n) is 3.61. The Kier molecular flexibility index (Phi) is 2.31. The molecule has 1 heterocycles. The minimum absolute atomic E-state index is 0.0161. The molecule has 0 aliphatic heterocycles. The Bertz CT molecular complexity index is 364. The summed E-state index contributed by atoms with van der Waals surface area (Å²) in [6, 6.07) is 2.78. The van der Waals surface area contributed by atoms with Crippen molar-refractivity contribution in [1.82, 2.24) is 4.98 Å². The van der Waals surface area contributed by atoms with Gasteiger partial charge in [0.2, 0.25) is 5.95 Å². The van der Waals surface area contributed by atoms with Crippen LogP contribution in [0.25, 0.3) is 0 Å². The molecule has 0 unspecified atom stereocenters. The Balaban J connectivity index is 2.33. The van der Waals surface area contributed by atoms with Crippen molar-refractivity contribution in [2.75, 3.05) is 0 Å². The van der Waals surface area contributed by atoms with E-state index in [9.17, 15) is 8.78 Å². The first-order chi connectivity index (χ1) is 6.51. The molecule has 1 aliphatic rings. The van der Waals surface area contributed by atoms with Crippen molar-refractivity contribution < 1.29 is 8.78 Å². The van der Waals surface area contributed by atoms with Gasteiger partial charge in [-0.25, -0.2) is 9.37 Å². The standard InChI is InChI=1S/C9H9BrF2N2/c10-7-2-1-6(8(11)14-7)9(12)3-5(13)4-9/h1-2,5H,3-4,13H2. The predicted octanol–water partition coefficient (Wildman–Crippen LogP) is 2.27. The van der Waals surface area contributed by atoms with E-state index in [2.05, 4.69) is 20.9 Å². The molecule has 2 rings (SSSR count). The first kappa shape index (κ1) is 9.98. The molecule has 0 saturated heterocycles. The van der Waals surface area contributed by atoms with E-state index in [4.69, 9.17) is 5.73 Å². The lowest BCUT2D eigenvalue weighted by Crippen LogP contribution is -2.46. The van der Waals surface area contributed by atoms with Crippen molar-refractivity contribution in [1.29, 1.82) is 0 Å². The van der Waals surface area contributed by atoms with Gasteiger partial charge in [0.25, 0.3) is 0 Å². The fourth-order valence-corrected chi connectivity index (χ4v) is 2.03. The summed E-state index contributed by atoms with van der Waals surface area (Å²) >= 11 is 3.02. The second-order valence-corrected chi connectivity index (χ2v) is 4.42. The van der Waals surface area contributed by atoms with Crippen LogP contribution in [0.2, 0.25) is 0 Å². The van der Waals surface area contributed by atoms with Gasteiger partial charge >= 0.3 is 0 Å². The SMILES string of the molecule is NC1CC(F)(c2ccc(Br)nc2F)C1. The predicted molar refractivity (Wildman–Crippen MR) is 51.9 cm³/mol. The van der Waals surface area contributed by atoms with Gasteiger partial charge in [0, 0.05) is 24.4 Å². The summed E-state index contributed by atoms with van der Waals surface area (Å²) in [5.41, 5.74) is 3.88. The van der Waals surface area contributed by atoms with Crippen molar-refractivity contribution in [3.63, 3.8) is 0 Å². The summed E-state index contributed by atoms with van der Waals surface area (Å²) < 4.78 is 27.5. The molecule has 0 amide bonds. The molecule has 1 fully saturated rings. The minimum Gasteiger partial charge on any atom is -0.327 e. The van der Waals surface area contributed by atoms with Crippen LogP contribution in [-0.4, -0.2) is 11.0 Å². The van der Waals surface area contributed by atoms with E-state index in [0.717, 1.165) is 0 Å². The summed E-state index contributed by atoms with van der Waals surface area (Å²) in [5.74, 6) is -0.756. The lowest BCUT2D eigenvalue weighted by atomic mass is 9.74. The second kappa shape index (κ2) is 3.24. The van der Waals surface area contributed by atoms with Crippen LogP contribution in [-0.2, 0) is 5.67 Å². The van der Waals surface area contributed by atoms with Crippen LogP contribution < -0.4 is 5.73 Å². The van der Waals surface area contributed by atoms with E-state index in [-0.39, 0.29) is 24.4 Å². The third-order valence-electron chi connectivity index (χ3n) is 2.47. The third kappa shape index (κ3) is 1.54. The van der Waals surface area contributed by atoms with Crippen LogP contribution in [0, 0.1) is 5.95 Å². The normalized spacial score (nSPS) is 31.3. The molecule has 76 valence electrons. The molecule has 1 aliphatic carbocycles. The van der Waals surface area contributed by atoms with Gasteiger partial charge in [-0.3, -0.25) is 0 Å². The van der Waals surface area contributed by atoms with Crippen LogP contribution >= 0.6 is 15.9 Å².